The molecule has 3 nitrogen and oxygen atoms in total. The quantitative estimate of drug-likeness (QED) is 0.709. The lowest BCUT2D eigenvalue weighted by atomic mass is 10.0. The minimum absolute atomic E-state index is 0.0256. The van der Waals surface area contributed by atoms with E-state index in [1.807, 2.05) is 12.3 Å². The third-order valence-electron chi connectivity index (χ3n) is 2.77. The Morgan fingerprint density at radius 2 is 2.14 bits per heavy atom. The Labute approximate surface area is 83.5 Å². The molecule has 1 aliphatic heterocycles. The van der Waals surface area contributed by atoms with Gasteiger partial charge in [0.15, 0.2) is 0 Å². The third-order valence-corrected chi connectivity index (χ3v) is 2.77. The standard InChI is InChI=1S/C11H16N2O/c14-11-6-5-9(8-13-11)10-4-2-1-3-7-12-10/h5-6,8,10,12H,1-4,7H2,(H,13,14). The molecule has 14 heavy (non-hydrogen) atoms. The van der Waals surface area contributed by atoms with E-state index >= 15 is 0 Å². The summed E-state index contributed by atoms with van der Waals surface area (Å²) in [5, 5.41) is 3.50. The topological polar surface area (TPSA) is 44.9 Å². The summed E-state index contributed by atoms with van der Waals surface area (Å²) >= 11 is 0. The van der Waals surface area contributed by atoms with Crippen molar-refractivity contribution in [3.05, 3.63) is 34.2 Å². The van der Waals surface area contributed by atoms with Crippen molar-refractivity contribution in [1.82, 2.24) is 10.3 Å². The van der Waals surface area contributed by atoms with Crippen LogP contribution in [0.2, 0.25) is 0 Å². The second-order valence-corrected chi connectivity index (χ2v) is 3.84. The van der Waals surface area contributed by atoms with Gasteiger partial charge >= 0.3 is 0 Å². The van der Waals surface area contributed by atoms with Crippen molar-refractivity contribution in [2.24, 2.45) is 0 Å². The summed E-state index contributed by atoms with van der Waals surface area (Å²) < 4.78 is 0. The molecule has 1 atom stereocenters. The van der Waals surface area contributed by atoms with Gasteiger partial charge in [-0.3, -0.25) is 4.79 Å². The average Bonchev–Trinajstić information content (AvgIpc) is 2.47. The van der Waals surface area contributed by atoms with E-state index in [4.69, 9.17) is 0 Å². The smallest absolute Gasteiger partial charge is 0.247 e. The van der Waals surface area contributed by atoms with E-state index in [0.717, 1.165) is 6.54 Å². The lowest BCUT2D eigenvalue weighted by Crippen LogP contribution is -2.21. The van der Waals surface area contributed by atoms with E-state index in [0.29, 0.717) is 6.04 Å². The van der Waals surface area contributed by atoms with Crippen molar-refractivity contribution in [3.63, 3.8) is 0 Å². The van der Waals surface area contributed by atoms with E-state index < -0.39 is 0 Å². The van der Waals surface area contributed by atoms with Crippen molar-refractivity contribution >= 4 is 0 Å². The number of aromatic nitrogens is 1. The molecule has 0 radical (unpaired) electrons. The molecule has 1 aliphatic rings. The monoisotopic (exact) mass is 192 g/mol. The van der Waals surface area contributed by atoms with Gasteiger partial charge in [-0.1, -0.05) is 18.9 Å². The highest BCUT2D eigenvalue weighted by molar-refractivity contribution is 5.14. The normalized spacial score (nSPS) is 23.0. The fourth-order valence-electron chi connectivity index (χ4n) is 1.95. The number of H-pyrrole nitrogens is 1. The Morgan fingerprint density at radius 3 is 2.93 bits per heavy atom. The van der Waals surface area contributed by atoms with Gasteiger partial charge in [0.1, 0.15) is 0 Å². The van der Waals surface area contributed by atoms with Gasteiger partial charge in [-0.2, -0.15) is 0 Å². The van der Waals surface area contributed by atoms with Gasteiger partial charge in [0.25, 0.3) is 0 Å². The SMILES string of the molecule is O=c1ccc(C2CCCCCN2)c[nH]1. The summed E-state index contributed by atoms with van der Waals surface area (Å²) in [4.78, 5) is 13.6. The fourth-order valence-corrected chi connectivity index (χ4v) is 1.95. The maximum absolute atomic E-state index is 10.9. The molecule has 0 aliphatic carbocycles. The molecule has 1 fully saturated rings. The second kappa shape index (κ2) is 4.42. The largest absolute Gasteiger partial charge is 0.329 e. The Hall–Kier alpha value is -1.09. The number of aromatic amines is 1. The Balaban J connectivity index is 2.12. The molecule has 1 saturated heterocycles. The molecule has 76 valence electrons. The fraction of sp³-hybridized carbons (Fsp3) is 0.545. The van der Waals surface area contributed by atoms with Crippen LogP contribution in [0.25, 0.3) is 0 Å². The minimum Gasteiger partial charge on any atom is -0.329 e. The second-order valence-electron chi connectivity index (χ2n) is 3.84. The zero-order valence-electron chi connectivity index (χ0n) is 8.25. The van der Waals surface area contributed by atoms with E-state index in [1.165, 1.54) is 31.2 Å². The number of hydrogen-bond acceptors (Lipinski definition) is 2. The molecule has 2 rings (SSSR count). The predicted molar refractivity (Wildman–Crippen MR) is 56.3 cm³/mol. The van der Waals surface area contributed by atoms with Crippen LogP contribution in [0.4, 0.5) is 0 Å². The zero-order valence-corrected chi connectivity index (χ0v) is 8.25. The molecule has 1 aromatic rings. The van der Waals surface area contributed by atoms with Crippen LogP contribution in [0.1, 0.15) is 37.3 Å². The molecular formula is C11H16N2O. The highest BCUT2D eigenvalue weighted by Gasteiger charge is 2.12. The molecule has 3 heteroatoms. The first-order valence-electron chi connectivity index (χ1n) is 5.28. The third kappa shape index (κ3) is 2.23. The van der Waals surface area contributed by atoms with Crippen molar-refractivity contribution in [2.75, 3.05) is 6.54 Å². The number of hydrogen-bond donors (Lipinski definition) is 2. The van der Waals surface area contributed by atoms with Crippen LogP contribution in [0.15, 0.2) is 23.1 Å². The lowest BCUT2D eigenvalue weighted by molar-refractivity contribution is 0.533. The molecular weight excluding hydrogens is 176 g/mol. The number of nitrogens with one attached hydrogen (secondary N) is 2. The van der Waals surface area contributed by atoms with Crippen molar-refractivity contribution < 1.29 is 0 Å². The molecule has 0 spiro atoms. The highest BCUT2D eigenvalue weighted by Crippen LogP contribution is 2.20. The van der Waals surface area contributed by atoms with Crippen molar-refractivity contribution in [1.29, 1.82) is 0 Å². The molecule has 0 saturated carbocycles. The minimum atomic E-state index is -0.0256. The summed E-state index contributed by atoms with van der Waals surface area (Å²) in [6.45, 7) is 1.09. The Bertz CT molecular complexity index is 317. The number of rotatable bonds is 1. The summed E-state index contributed by atoms with van der Waals surface area (Å²) in [6.07, 6.45) is 6.85. The van der Waals surface area contributed by atoms with Crippen LogP contribution in [0.3, 0.4) is 0 Å². The van der Waals surface area contributed by atoms with Crippen LogP contribution >= 0.6 is 0 Å². The van der Waals surface area contributed by atoms with Gasteiger partial charge in [0, 0.05) is 18.3 Å². The maximum atomic E-state index is 10.9. The lowest BCUT2D eigenvalue weighted by Gasteiger charge is -2.15. The predicted octanol–water partition coefficient (Wildman–Crippen LogP) is 1.58. The Morgan fingerprint density at radius 1 is 1.21 bits per heavy atom. The summed E-state index contributed by atoms with van der Waals surface area (Å²) in [6, 6.07) is 3.94. The van der Waals surface area contributed by atoms with E-state index in [-0.39, 0.29) is 5.56 Å². The Kier molecular flexibility index (Phi) is 2.99. The molecule has 2 N–H and O–H groups in total. The van der Waals surface area contributed by atoms with Gasteiger partial charge in [0.2, 0.25) is 5.56 Å². The first-order chi connectivity index (χ1) is 6.86. The molecule has 0 aromatic carbocycles. The zero-order chi connectivity index (χ0) is 9.80. The van der Waals surface area contributed by atoms with Crippen LogP contribution in [0, 0.1) is 0 Å². The average molecular weight is 192 g/mol. The van der Waals surface area contributed by atoms with Crippen LogP contribution in [-0.4, -0.2) is 11.5 Å². The van der Waals surface area contributed by atoms with Gasteiger partial charge in [-0.05, 0) is 24.9 Å². The van der Waals surface area contributed by atoms with Crippen molar-refractivity contribution in [3.8, 4) is 0 Å². The number of pyridine rings is 1. The first-order valence-corrected chi connectivity index (χ1v) is 5.28. The van der Waals surface area contributed by atoms with Gasteiger partial charge in [0.05, 0.1) is 0 Å². The van der Waals surface area contributed by atoms with E-state index in [2.05, 4.69) is 10.3 Å². The van der Waals surface area contributed by atoms with E-state index in [9.17, 15) is 4.79 Å². The molecule has 2 heterocycles. The molecule has 0 bridgehead atoms. The van der Waals surface area contributed by atoms with Crippen LogP contribution in [-0.2, 0) is 0 Å². The molecule has 1 unspecified atom stereocenters. The van der Waals surface area contributed by atoms with Gasteiger partial charge in [-0.15, -0.1) is 0 Å². The highest BCUT2D eigenvalue weighted by atomic mass is 16.1. The first kappa shape index (κ1) is 9.46. The van der Waals surface area contributed by atoms with Crippen LogP contribution < -0.4 is 10.9 Å². The summed E-state index contributed by atoms with van der Waals surface area (Å²) in [5.74, 6) is 0. The molecule has 0 amide bonds. The summed E-state index contributed by atoms with van der Waals surface area (Å²) in [5.41, 5.74) is 1.17. The maximum Gasteiger partial charge on any atom is 0.247 e. The van der Waals surface area contributed by atoms with Crippen molar-refractivity contribution in [2.45, 2.75) is 31.7 Å². The van der Waals surface area contributed by atoms with Gasteiger partial charge < -0.3 is 10.3 Å². The summed E-state index contributed by atoms with van der Waals surface area (Å²) in [7, 11) is 0. The van der Waals surface area contributed by atoms with Gasteiger partial charge in [-0.25, -0.2) is 0 Å². The van der Waals surface area contributed by atoms with Crippen LogP contribution in [0.5, 0.6) is 0 Å². The molecule has 1 aromatic heterocycles. The van der Waals surface area contributed by atoms with E-state index in [1.54, 1.807) is 6.07 Å².